The Morgan fingerprint density at radius 1 is 0.867 bits per heavy atom. The van der Waals surface area contributed by atoms with E-state index < -0.39 is 19.7 Å². The van der Waals surface area contributed by atoms with Crippen molar-refractivity contribution in [3.8, 4) is 11.1 Å². The summed E-state index contributed by atoms with van der Waals surface area (Å²) in [5.74, 6) is 0. The molecule has 1 unspecified atom stereocenters. The Kier molecular flexibility index (Phi) is 6.76. The van der Waals surface area contributed by atoms with Gasteiger partial charge in [-0.3, -0.25) is 0 Å². The van der Waals surface area contributed by atoms with Crippen molar-refractivity contribution in [1.82, 2.24) is 0 Å². The van der Waals surface area contributed by atoms with Crippen LogP contribution in [0.15, 0.2) is 74.9 Å². The number of allylic oxidation sites excluding steroid dienone is 1. The third-order valence-corrected chi connectivity index (χ3v) is 17.1. The Labute approximate surface area is 212 Å². The van der Waals surface area contributed by atoms with E-state index in [1.807, 2.05) is 11.8 Å². The number of benzene rings is 3. The number of fused-ring (bicyclic) bond motifs is 6. The number of halogens is 3. The molecule has 1 atom stereocenters. The summed E-state index contributed by atoms with van der Waals surface area (Å²) in [7, 11) is 6.39. The summed E-state index contributed by atoms with van der Waals surface area (Å²) in [6, 6.07) is 24.4. The summed E-state index contributed by atoms with van der Waals surface area (Å²) >= 11 is 3.47. The number of hydrogen-bond acceptors (Lipinski definition) is 2. The van der Waals surface area contributed by atoms with Gasteiger partial charge in [-0.05, 0) is 0 Å². The van der Waals surface area contributed by atoms with Crippen molar-refractivity contribution in [1.29, 1.82) is 0 Å². The van der Waals surface area contributed by atoms with Crippen molar-refractivity contribution in [2.75, 3.05) is 0 Å². The van der Waals surface area contributed by atoms with E-state index in [0.717, 1.165) is 6.42 Å². The van der Waals surface area contributed by atoms with Gasteiger partial charge >= 0.3 is 190 Å². The Balaban J connectivity index is 0.00000109. The van der Waals surface area contributed by atoms with E-state index in [9.17, 15) is 0 Å². The molecule has 3 aromatic carbocycles. The first-order valence-electron chi connectivity index (χ1n) is 9.33. The third kappa shape index (κ3) is 3.43. The average molecular weight is 610 g/mol. The average Bonchev–Trinajstić information content (AvgIpc) is 3.38. The van der Waals surface area contributed by atoms with Crippen molar-refractivity contribution < 1.29 is 44.5 Å². The summed E-state index contributed by atoms with van der Waals surface area (Å²) in [4.78, 5) is 0. The monoisotopic (exact) mass is 606 g/mol. The fraction of sp³-hybridized carbons (Fsp3) is 0.0833. The minimum absolute atomic E-state index is 0. The van der Waals surface area contributed by atoms with Crippen molar-refractivity contribution in [2.24, 2.45) is 0 Å². The number of hydrogen-bond donors (Lipinski definition) is 0. The van der Waals surface area contributed by atoms with Crippen LogP contribution in [-0.2, 0) is 26.1 Å². The van der Waals surface area contributed by atoms with Gasteiger partial charge in [0, 0.05) is 0 Å². The van der Waals surface area contributed by atoms with Gasteiger partial charge in [-0.2, -0.15) is 0 Å². The molecule has 0 bridgehead atoms. The molecule has 0 aromatic heterocycles. The molecular weight excluding hydrogens is 594 g/mol. The van der Waals surface area contributed by atoms with Crippen LogP contribution in [0.5, 0.6) is 0 Å². The topological polar surface area (TPSA) is 0 Å². The van der Waals surface area contributed by atoms with Crippen LogP contribution in [0.3, 0.4) is 0 Å². The first kappa shape index (κ1) is 22.8. The van der Waals surface area contributed by atoms with Crippen LogP contribution >= 0.6 is 36.5 Å². The molecule has 1 heterocycles. The fourth-order valence-corrected chi connectivity index (χ4v) is 16.3. The van der Waals surface area contributed by atoms with Gasteiger partial charge in [0.05, 0.1) is 0 Å². The van der Waals surface area contributed by atoms with Gasteiger partial charge in [0.25, 0.3) is 0 Å². The zero-order valence-electron chi connectivity index (χ0n) is 15.7. The van der Waals surface area contributed by atoms with Gasteiger partial charge in [-0.15, -0.1) is 0 Å². The maximum atomic E-state index is 6.39. The molecule has 6 heteroatoms. The van der Waals surface area contributed by atoms with Gasteiger partial charge < -0.3 is 24.8 Å². The van der Waals surface area contributed by atoms with Gasteiger partial charge in [-0.1, -0.05) is 0 Å². The third-order valence-electron chi connectivity index (χ3n) is 5.82. The summed E-state index contributed by atoms with van der Waals surface area (Å²) in [5, 5.41) is 0. The fourth-order valence-electron chi connectivity index (χ4n) is 4.56. The Bertz CT molecular complexity index is 1270. The van der Waals surface area contributed by atoms with Gasteiger partial charge in [0.15, 0.2) is 0 Å². The molecule has 0 nitrogen and oxygen atoms in total. The van der Waals surface area contributed by atoms with E-state index in [0.29, 0.717) is 4.16 Å². The van der Waals surface area contributed by atoms with Crippen LogP contribution in [0.4, 0.5) is 0 Å². The Morgan fingerprint density at radius 2 is 1.57 bits per heavy atom. The summed E-state index contributed by atoms with van der Waals surface area (Å²) in [6.45, 7) is 0. The first-order chi connectivity index (χ1) is 13.7. The summed E-state index contributed by atoms with van der Waals surface area (Å²) in [5.41, 5.74) is 11.3. The molecule has 2 aliphatic carbocycles. The van der Waals surface area contributed by atoms with Crippen LogP contribution < -0.4 is 28.1 Å². The molecule has 0 N–H and O–H groups in total. The normalized spacial score (nSPS) is 16.9. The van der Waals surface area contributed by atoms with Gasteiger partial charge in [-0.25, -0.2) is 0 Å². The molecule has 1 aliphatic heterocycles. The molecule has 0 spiro atoms. The van der Waals surface area contributed by atoms with Crippen LogP contribution in [0.25, 0.3) is 22.8 Å². The second kappa shape index (κ2) is 8.89. The SMILES string of the molecule is [Cl-].[Cl-].[S]=[Zr+2]([C]1=C2C(=Cc3ccccc32)C(Br)S1)[c]1cccc2c1Cc1ccccc1-2. The zero-order chi connectivity index (χ0) is 18.8. The maximum absolute atomic E-state index is 6.39. The molecule has 0 radical (unpaired) electrons. The Morgan fingerprint density at radius 3 is 2.40 bits per heavy atom. The zero-order valence-corrected chi connectivity index (χ0v) is 22.9. The second-order valence-electron chi connectivity index (χ2n) is 7.32. The molecule has 6 rings (SSSR count). The number of alkyl halides is 1. The van der Waals surface area contributed by atoms with E-state index in [4.69, 9.17) is 8.86 Å². The van der Waals surface area contributed by atoms with Crippen molar-refractivity contribution in [3.63, 3.8) is 0 Å². The molecule has 3 aromatic rings. The van der Waals surface area contributed by atoms with Crippen LogP contribution in [0, 0.1) is 0 Å². The van der Waals surface area contributed by atoms with Crippen LogP contribution in [0.2, 0.25) is 0 Å². The second-order valence-corrected chi connectivity index (χ2v) is 17.4. The van der Waals surface area contributed by atoms with Gasteiger partial charge in [0.1, 0.15) is 0 Å². The quantitative estimate of drug-likeness (QED) is 0.310. The van der Waals surface area contributed by atoms with E-state index in [1.165, 1.54) is 50.4 Å². The molecule has 30 heavy (non-hydrogen) atoms. The molecule has 0 saturated heterocycles. The number of thioether (sulfide) groups is 1. The minimum atomic E-state index is -2.40. The number of rotatable bonds is 2. The summed E-state index contributed by atoms with van der Waals surface area (Å²) in [6.07, 6.45) is 3.38. The van der Waals surface area contributed by atoms with Crippen molar-refractivity contribution in [3.05, 3.63) is 97.2 Å². The molecule has 0 fully saturated rings. The predicted octanol–water partition coefficient (Wildman–Crippen LogP) is 0.855. The van der Waals surface area contributed by atoms with Crippen molar-refractivity contribution in [2.45, 2.75) is 10.6 Å². The van der Waals surface area contributed by atoms with E-state index in [1.54, 1.807) is 0 Å². The van der Waals surface area contributed by atoms with E-state index in [-0.39, 0.29) is 24.8 Å². The molecule has 148 valence electrons. The van der Waals surface area contributed by atoms with E-state index in [2.05, 4.69) is 88.7 Å². The van der Waals surface area contributed by atoms with E-state index >= 15 is 0 Å². The molecular formula is C24H15BrCl2S2Zr. The van der Waals surface area contributed by atoms with Crippen LogP contribution in [-0.4, -0.2) is 4.16 Å². The molecule has 0 amide bonds. The summed E-state index contributed by atoms with van der Waals surface area (Å²) < 4.78 is 3.34. The van der Waals surface area contributed by atoms with Crippen molar-refractivity contribution >= 4 is 51.5 Å². The molecule has 3 aliphatic rings. The van der Waals surface area contributed by atoms with Gasteiger partial charge in [0.2, 0.25) is 0 Å². The molecule has 0 saturated carbocycles. The first-order valence-corrected chi connectivity index (χ1v) is 17.0. The Hall–Kier alpha value is -0.347. The standard InChI is InChI=1S/C13H9.C11H6BrS.2ClH.S.Zr/c1-3-7-12-10(5-1)9-11-6-2-4-8-13(11)12;12-11-9-5-7-3-1-2-4-8(7)10(9)6-13-11;;;;/h1-5,7-8H,9H2;1-5,11H;2*1H;;/q;;;;;+2/p-2. The van der Waals surface area contributed by atoms with Crippen LogP contribution in [0.1, 0.15) is 22.3 Å². The predicted molar refractivity (Wildman–Crippen MR) is 124 cm³/mol.